The van der Waals surface area contributed by atoms with Crippen LogP contribution in [0.5, 0.6) is 0 Å². The number of imidazole rings is 1. The number of hydrogen-bond acceptors (Lipinski definition) is 13. The number of carbonyl (C=O) groups is 3. The van der Waals surface area contributed by atoms with E-state index >= 15 is 0 Å². The first-order valence-corrected chi connectivity index (χ1v) is 19.0. The summed E-state index contributed by atoms with van der Waals surface area (Å²) in [4.78, 5) is 62.1. The summed E-state index contributed by atoms with van der Waals surface area (Å²) in [5, 5.41) is 13.6. The Kier molecular flexibility index (Phi) is 11.1. The summed E-state index contributed by atoms with van der Waals surface area (Å²) in [5.41, 5.74) is 6.65. The van der Waals surface area contributed by atoms with Gasteiger partial charge in [-0.1, -0.05) is 6.92 Å². The minimum Gasteiger partial charge on any atom is -0.387 e. The van der Waals surface area contributed by atoms with Gasteiger partial charge in [0.25, 0.3) is 0 Å². The molecule has 2 aromatic heterocycles. The quantitative estimate of drug-likeness (QED) is 0.134. The van der Waals surface area contributed by atoms with Gasteiger partial charge in [0, 0.05) is 25.4 Å². The molecule has 45 heavy (non-hydrogen) atoms. The molecule has 0 aromatic carbocycles. The molecule has 3 amide bonds. The van der Waals surface area contributed by atoms with Gasteiger partial charge in [0.1, 0.15) is 24.1 Å². The van der Waals surface area contributed by atoms with Crippen molar-refractivity contribution in [3.8, 4) is 0 Å². The number of hydrogen-bond donors (Lipinski definition) is 4. The zero-order valence-corrected chi connectivity index (χ0v) is 27.7. The number of nitrogen functional groups attached to an aromatic ring is 1. The fourth-order valence-electron chi connectivity index (χ4n) is 6.14. The van der Waals surface area contributed by atoms with Crippen LogP contribution in [0, 0.1) is 11.8 Å². The minimum absolute atomic E-state index is 0.0268. The highest BCUT2D eigenvalue weighted by Gasteiger charge is 2.48. The number of ether oxygens (including phenoxy) is 1. The third-order valence-corrected chi connectivity index (χ3v) is 11.2. The Hall–Kier alpha value is -2.24. The van der Waals surface area contributed by atoms with Crippen molar-refractivity contribution in [3.63, 3.8) is 0 Å². The first kappa shape index (κ1) is 34.1. The van der Waals surface area contributed by atoms with Crippen LogP contribution >= 0.6 is 18.5 Å². The molecule has 5 rings (SSSR count). The van der Waals surface area contributed by atoms with E-state index in [1.54, 1.807) is 4.57 Å². The lowest BCUT2D eigenvalue weighted by Crippen LogP contribution is -2.39. The number of thioether (sulfide) groups is 1. The number of fused-ring (bicyclic) bond motifs is 1. The van der Waals surface area contributed by atoms with Crippen LogP contribution in [-0.4, -0.2) is 102 Å². The highest BCUT2D eigenvalue weighted by atomic mass is 32.5. The topological polar surface area (TPSA) is 204 Å². The molecule has 2 aliphatic heterocycles. The van der Waals surface area contributed by atoms with Crippen molar-refractivity contribution in [3.05, 3.63) is 12.7 Å². The number of nitrogens with two attached hydrogens (primary N) is 1. The molecular formula is C27H40N7O8PS2. The van der Waals surface area contributed by atoms with Crippen LogP contribution in [0.1, 0.15) is 58.1 Å². The molecule has 3 unspecified atom stereocenters. The van der Waals surface area contributed by atoms with E-state index in [-0.39, 0.29) is 53.7 Å². The highest BCUT2D eigenvalue weighted by molar-refractivity contribution is 8.07. The Morgan fingerprint density at radius 3 is 2.71 bits per heavy atom. The summed E-state index contributed by atoms with van der Waals surface area (Å²) < 4.78 is 18.9. The van der Waals surface area contributed by atoms with Crippen molar-refractivity contribution < 1.29 is 38.2 Å². The Morgan fingerprint density at radius 2 is 2.02 bits per heavy atom. The molecule has 4 heterocycles. The lowest BCUT2D eigenvalue weighted by molar-refractivity contribution is -0.139. The van der Waals surface area contributed by atoms with Crippen LogP contribution in [-0.2, 0) is 40.0 Å². The first-order valence-electron chi connectivity index (χ1n) is 15.1. The van der Waals surface area contributed by atoms with Gasteiger partial charge in [0.15, 0.2) is 17.7 Å². The van der Waals surface area contributed by atoms with Crippen LogP contribution in [0.25, 0.3) is 11.2 Å². The number of amides is 3. The van der Waals surface area contributed by atoms with Gasteiger partial charge in [-0.15, -0.1) is 0 Å². The molecule has 2 aromatic rings. The summed E-state index contributed by atoms with van der Waals surface area (Å²) in [6.45, 7) is -1.19. The molecule has 6 atom stereocenters. The maximum Gasteiger partial charge on any atom is 0.325 e. The van der Waals surface area contributed by atoms with Crippen molar-refractivity contribution in [1.82, 2.24) is 29.7 Å². The van der Waals surface area contributed by atoms with Crippen molar-refractivity contribution in [2.45, 2.75) is 81.7 Å². The number of nitrogens with one attached hydrogen (secondary N) is 1. The second-order valence-electron chi connectivity index (χ2n) is 11.6. The third kappa shape index (κ3) is 7.67. The molecule has 2 saturated heterocycles. The summed E-state index contributed by atoms with van der Waals surface area (Å²) in [5.74, 6) is 0.00346. The Bertz CT molecular complexity index is 1440. The molecule has 248 valence electrons. The van der Waals surface area contributed by atoms with Crippen LogP contribution in [0.15, 0.2) is 12.7 Å². The number of anilines is 1. The molecule has 3 aliphatic rings. The zero-order chi connectivity index (χ0) is 32.3. The minimum atomic E-state index is -3.81. The van der Waals surface area contributed by atoms with Gasteiger partial charge in [-0.05, 0) is 62.5 Å². The summed E-state index contributed by atoms with van der Waals surface area (Å²) in [7, 11) is 0. The average Bonchev–Trinajstić information content (AvgIpc) is 3.67. The molecule has 0 bridgehead atoms. The SMILES string of the molecule is CC[C@H]1O[C@@H](n2cnc3c(N)ncnc32)C(OP(O)(=S)OCCCNC(=O)C2CCC(CN3C(=O)CC(SC)C3=O)CC2)[C@H]1O. The monoisotopic (exact) mass is 685 g/mol. The molecule has 1 aliphatic carbocycles. The fourth-order valence-corrected chi connectivity index (χ4v) is 8.25. The number of likely N-dealkylation sites (tertiary alicyclic amines) is 1. The number of rotatable bonds is 13. The molecule has 0 spiro atoms. The van der Waals surface area contributed by atoms with Crippen LogP contribution in [0.4, 0.5) is 5.82 Å². The lowest BCUT2D eigenvalue weighted by atomic mass is 9.81. The van der Waals surface area contributed by atoms with Crippen molar-refractivity contribution in [2.75, 3.05) is 31.7 Å². The number of aromatic nitrogens is 4. The van der Waals surface area contributed by atoms with E-state index in [4.69, 9.17) is 31.3 Å². The Morgan fingerprint density at radius 1 is 1.27 bits per heavy atom. The van der Waals surface area contributed by atoms with Gasteiger partial charge in [0.05, 0.1) is 24.3 Å². The Labute approximate surface area is 270 Å². The largest absolute Gasteiger partial charge is 0.387 e. The van der Waals surface area contributed by atoms with Crippen LogP contribution < -0.4 is 11.1 Å². The van der Waals surface area contributed by atoms with E-state index in [2.05, 4.69) is 20.3 Å². The van der Waals surface area contributed by atoms with E-state index in [9.17, 15) is 24.4 Å². The normalized spacial score (nSPS) is 30.2. The fraction of sp³-hybridized carbons (Fsp3) is 0.704. The van der Waals surface area contributed by atoms with E-state index in [0.29, 0.717) is 49.9 Å². The second kappa shape index (κ2) is 14.7. The average molecular weight is 686 g/mol. The molecular weight excluding hydrogens is 645 g/mol. The standard InChI is InChI=1S/C27H40N7O8PS2/c1-3-17-21(36)22(27(41-17)34-14-32-20-23(28)30-13-31-24(20)34)42-43(39,44)40-10-4-9-29-25(37)16-7-5-15(6-8-16)12-33-19(35)11-18(45-2)26(33)38/h13-18,21-22,27,36H,3-12H2,1-2H3,(H,29,37)(H,39,44)(H2,28,30,31)/t15?,16?,17-,18?,21+,22?,27-,43?/m1/s1. The van der Waals surface area contributed by atoms with Crippen molar-refractivity contribution in [2.24, 2.45) is 11.8 Å². The van der Waals surface area contributed by atoms with Gasteiger partial charge in [-0.25, -0.2) is 15.0 Å². The van der Waals surface area contributed by atoms with Crippen molar-refractivity contribution in [1.29, 1.82) is 0 Å². The van der Waals surface area contributed by atoms with Gasteiger partial charge in [-0.2, -0.15) is 11.8 Å². The molecule has 15 nitrogen and oxygen atoms in total. The highest BCUT2D eigenvalue weighted by Crippen LogP contribution is 2.50. The number of imide groups is 1. The summed E-state index contributed by atoms with van der Waals surface area (Å²) >= 11 is 6.66. The first-order chi connectivity index (χ1) is 21.5. The van der Waals surface area contributed by atoms with Crippen molar-refractivity contribution >= 4 is 65.0 Å². The predicted octanol–water partition coefficient (Wildman–Crippen LogP) is 1.50. The molecule has 18 heteroatoms. The number of carbonyl (C=O) groups excluding carboxylic acids is 3. The van der Waals surface area contributed by atoms with E-state index in [1.165, 1.54) is 29.3 Å². The molecule has 3 fully saturated rings. The van der Waals surface area contributed by atoms with Gasteiger partial charge in [0.2, 0.25) is 17.7 Å². The summed E-state index contributed by atoms with van der Waals surface area (Å²) in [6, 6.07) is 0. The van der Waals surface area contributed by atoms with E-state index < -0.39 is 31.3 Å². The number of nitrogens with zero attached hydrogens (tertiary/aromatic N) is 5. The number of aliphatic hydroxyl groups excluding tert-OH is 1. The lowest BCUT2D eigenvalue weighted by Gasteiger charge is -2.30. The van der Waals surface area contributed by atoms with Gasteiger partial charge in [-0.3, -0.25) is 28.4 Å². The van der Waals surface area contributed by atoms with Gasteiger partial charge >= 0.3 is 6.72 Å². The Balaban J connectivity index is 1.05. The number of aliphatic hydroxyl groups is 1. The molecule has 0 radical (unpaired) electrons. The van der Waals surface area contributed by atoms with Crippen LogP contribution in [0.2, 0.25) is 0 Å². The maximum absolute atomic E-state index is 12.8. The maximum atomic E-state index is 12.8. The van der Waals surface area contributed by atoms with E-state index in [1.807, 2.05) is 13.2 Å². The molecule has 1 saturated carbocycles. The van der Waals surface area contributed by atoms with Gasteiger partial charge < -0.3 is 30.3 Å². The summed E-state index contributed by atoms with van der Waals surface area (Å²) in [6.07, 6.45) is 4.99. The van der Waals surface area contributed by atoms with E-state index in [0.717, 1.165) is 12.8 Å². The second-order valence-corrected chi connectivity index (χ2v) is 15.4. The third-order valence-electron chi connectivity index (χ3n) is 8.65. The zero-order valence-electron chi connectivity index (χ0n) is 25.2. The van der Waals surface area contributed by atoms with Crippen LogP contribution in [0.3, 0.4) is 0 Å². The molecule has 5 N–H and O–H groups in total. The predicted molar refractivity (Wildman–Crippen MR) is 169 cm³/mol. The smallest absolute Gasteiger partial charge is 0.325 e.